The third-order valence-electron chi connectivity index (χ3n) is 2.68. The van der Waals surface area contributed by atoms with Gasteiger partial charge in [0.2, 0.25) is 0 Å². The van der Waals surface area contributed by atoms with Crippen LogP contribution in [-0.2, 0) is 11.2 Å². The summed E-state index contributed by atoms with van der Waals surface area (Å²) in [5, 5.41) is 19.1. The Hall–Kier alpha value is 0.680. The maximum Gasteiger partial charge on any atom is 0.306 e. The van der Waals surface area contributed by atoms with Crippen LogP contribution >= 0.6 is 67.8 Å². The van der Waals surface area contributed by atoms with Crippen molar-refractivity contribution < 1.29 is 15.0 Å². The summed E-state index contributed by atoms with van der Waals surface area (Å²) in [6, 6.07) is 1.89. The normalized spacial score (nSPS) is 12.4. The van der Waals surface area contributed by atoms with Gasteiger partial charge in [0, 0.05) is 3.57 Å². The van der Waals surface area contributed by atoms with Crippen LogP contribution in [0, 0.1) is 16.6 Å². The monoisotopic (exact) mass is 586 g/mol. The third-order valence-corrected chi connectivity index (χ3v) is 5.62. The van der Waals surface area contributed by atoms with Crippen LogP contribution in [0.25, 0.3) is 0 Å². The maximum atomic E-state index is 11.2. The van der Waals surface area contributed by atoms with Gasteiger partial charge >= 0.3 is 5.97 Å². The Morgan fingerprint density at radius 1 is 1.33 bits per heavy atom. The highest BCUT2D eigenvalue weighted by molar-refractivity contribution is 14.1. The Morgan fingerprint density at radius 3 is 2.44 bits per heavy atom. The molecule has 1 atom stereocenters. The first-order valence-corrected chi connectivity index (χ1v) is 8.70. The molecule has 1 aromatic rings. The molecule has 0 aromatic heterocycles. The van der Waals surface area contributed by atoms with Crippen molar-refractivity contribution in [2.75, 3.05) is 0 Å². The van der Waals surface area contributed by atoms with Crippen molar-refractivity contribution in [1.82, 2.24) is 0 Å². The van der Waals surface area contributed by atoms with Crippen LogP contribution in [0.1, 0.15) is 25.3 Å². The molecule has 1 rings (SSSR count). The van der Waals surface area contributed by atoms with Gasteiger partial charge in [0.05, 0.1) is 13.1 Å². The van der Waals surface area contributed by atoms with E-state index in [0.717, 1.165) is 22.7 Å². The van der Waals surface area contributed by atoms with Crippen LogP contribution in [0.15, 0.2) is 6.07 Å². The van der Waals surface area contributed by atoms with Crippen molar-refractivity contribution in [2.24, 2.45) is 5.92 Å². The highest BCUT2D eigenvalue weighted by Crippen LogP contribution is 2.34. The fourth-order valence-electron chi connectivity index (χ4n) is 1.71. The van der Waals surface area contributed by atoms with E-state index in [4.69, 9.17) is 0 Å². The Bertz CT molecular complexity index is 460. The molecule has 2 N–H and O–H groups in total. The van der Waals surface area contributed by atoms with E-state index in [0.29, 0.717) is 12.8 Å². The summed E-state index contributed by atoms with van der Waals surface area (Å²) >= 11 is 6.37. The van der Waals surface area contributed by atoms with Gasteiger partial charge in [-0.3, -0.25) is 4.79 Å². The van der Waals surface area contributed by atoms with Gasteiger partial charge in [0.25, 0.3) is 0 Å². The summed E-state index contributed by atoms with van der Waals surface area (Å²) in [5.41, 5.74) is 0.940. The topological polar surface area (TPSA) is 57.5 Å². The summed E-state index contributed by atoms with van der Waals surface area (Å²) in [5.74, 6) is -0.884. The molecule has 0 radical (unpaired) electrons. The molecule has 0 aliphatic carbocycles. The summed E-state index contributed by atoms with van der Waals surface area (Å²) in [7, 11) is 0. The van der Waals surface area contributed by atoms with Crippen LogP contribution in [0.2, 0.25) is 0 Å². The second-order valence-corrected chi connectivity index (χ2v) is 7.41. The van der Waals surface area contributed by atoms with E-state index >= 15 is 0 Å². The summed E-state index contributed by atoms with van der Waals surface area (Å²) in [6.45, 7) is 1.98. The van der Waals surface area contributed by atoms with Crippen molar-refractivity contribution in [3.63, 3.8) is 0 Å². The van der Waals surface area contributed by atoms with Crippen molar-refractivity contribution in [3.8, 4) is 5.75 Å². The number of phenols is 1. The number of aromatic hydroxyl groups is 1. The number of carboxylic acid groups (broad SMARTS) is 1. The van der Waals surface area contributed by atoms with Gasteiger partial charge in [-0.25, -0.2) is 0 Å². The number of phenolic OH excluding ortho intramolecular Hbond substituents is 1. The molecule has 0 aliphatic heterocycles. The van der Waals surface area contributed by atoms with Crippen LogP contribution < -0.4 is 0 Å². The van der Waals surface area contributed by atoms with Crippen molar-refractivity contribution in [3.05, 3.63) is 22.3 Å². The summed E-state index contributed by atoms with van der Waals surface area (Å²) < 4.78 is 2.58. The molecule has 0 spiro atoms. The van der Waals surface area contributed by atoms with Gasteiger partial charge in [0.15, 0.2) is 0 Å². The SMILES string of the molecule is CCCC(Cc1c(I)cc(I)c(O)c1I)C(=O)O. The molecular formula is C12H13I3O3. The molecule has 0 saturated heterocycles. The number of halogens is 3. The number of carboxylic acids is 1. The molecule has 1 unspecified atom stereocenters. The lowest BCUT2D eigenvalue weighted by Gasteiger charge is -2.15. The van der Waals surface area contributed by atoms with Crippen LogP contribution in [0.3, 0.4) is 0 Å². The molecule has 18 heavy (non-hydrogen) atoms. The number of aliphatic carboxylic acids is 1. The molecule has 0 fully saturated rings. The smallest absolute Gasteiger partial charge is 0.306 e. The van der Waals surface area contributed by atoms with Gasteiger partial charge in [-0.15, -0.1) is 0 Å². The molecular weight excluding hydrogens is 573 g/mol. The van der Waals surface area contributed by atoms with E-state index in [1.54, 1.807) is 0 Å². The van der Waals surface area contributed by atoms with Crippen molar-refractivity contribution in [1.29, 1.82) is 0 Å². The predicted molar refractivity (Wildman–Crippen MR) is 96.0 cm³/mol. The van der Waals surface area contributed by atoms with Gasteiger partial charge in [-0.2, -0.15) is 0 Å². The number of hydrogen-bond acceptors (Lipinski definition) is 2. The predicted octanol–water partition coefficient (Wildman–Crippen LogP) is 4.25. The molecule has 3 nitrogen and oxygen atoms in total. The number of carbonyl (C=O) groups is 1. The highest BCUT2D eigenvalue weighted by Gasteiger charge is 2.21. The Balaban J connectivity index is 3.10. The van der Waals surface area contributed by atoms with E-state index in [-0.39, 0.29) is 11.7 Å². The Morgan fingerprint density at radius 2 is 1.94 bits per heavy atom. The summed E-state index contributed by atoms with van der Waals surface area (Å²) in [4.78, 5) is 11.2. The molecule has 0 heterocycles. The van der Waals surface area contributed by atoms with E-state index in [1.165, 1.54) is 0 Å². The van der Waals surface area contributed by atoms with Crippen LogP contribution in [-0.4, -0.2) is 16.2 Å². The first-order chi connectivity index (χ1) is 8.38. The molecule has 0 saturated carbocycles. The number of rotatable bonds is 5. The minimum absolute atomic E-state index is 0.257. The minimum Gasteiger partial charge on any atom is -0.506 e. The fourth-order valence-corrected chi connectivity index (χ4v) is 5.53. The van der Waals surface area contributed by atoms with Gasteiger partial charge in [0.1, 0.15) is 5.75 Å². The lowest BCUT2D eigenvalue weighted by molar-refractivity contribution is -0.141. The van der Waals surface area contributed by atoms with Gasteiger partial charge < -0.3 is 10.2 Å². The first kappa shape index (κ1) is 16.7. The zero-order valence-electron chi connectivity index (χ0n) is 9.71. The number of benzene rings is 1. The third kappa shape index (κ3) is 4.09. The van der Waals surface area contributed by atoms with Crippen molar-refractivity contribution in [2.45, 2.75) is 26.2 Å². The average molecular weight is 586 g/mol. The standard InChI is InChI=1S/C12H13I3O3/c1-2-3-6(12(17)18)4-7-8(13)5-9(14)11(16)10(7)15/h5-6,16H,2-4H2,1H3,(H,17,18). The quantitative estimate of drug-likeness (QED) is 0.508. The minimum atomic E-state index is -0.763. The van der Waals surface area contributed by atoms with Crippen molar-refractivity contribution >= 4 is 73.7 Å². The zero-order chi connectivity index (χ0) is 13.9. The Kier molecular flexibility index (Phi) is 6.93. The second kappa shape index (κ2) is 7.46. The lowest BCUT2D eigenvalue weighted by atomic mass is 9.95. The molecule has 0 amide bonds. The van der Waals surface area contributed by atoms with E-state index in [9.17, 15) is 15.0 Å². The Labute approximate surface area is 147 Å². The van der Waals surface area contributed by atoms with E-state index in [2.05, 4.69) is 67.8 Å². The van der Waals surface area contributed by atoms with E-state index < -0.39 is 5.97 Å². The van der Waals surface area contributed by atoms with Gasteiger partial charge in [-0.1, -0.05) is 13.3 Å². The first-order valence-electron chi connectivity index (χ1n) is 5.46. The number of hydrogen-bond donors (Lipinski definition) is 2. The fraction of sp³-hybridized carbons (Fsp3) is 0.417. The average Bonchev–Trinajstić information content (AvgIpc) is 2.30. The molecule has 100 valence electrons. The zero-order valence-corrected chi connectivity index (χ0v) is 16.2. The van der Waals surface area contributed by atoms with Crippen LogP contribution in [0.5, 0.6) is 5.75 Å². The van der Waals surface area contributed by atoms with E-state index in [1.807, 2.05) is 13.0 Å². The molecule has 0 aliphatic rings. The second-order valence-electron chi connectivity index (χ2n) is 4.01. The molecule has 0 bridgehead atoms. The molecule has 1 aromatic carbocycles. The molecule has 6 heteroatoms. The summed E-state index contributed by atoms with van der Waals surface area (Å²) in [6.07, 6.45) is 1.99. The van der Waals surface area contributed by atoms with Crippen LogP contribution in [0.4, 0.5) is 0 Å². The lowest BCUT2D eigenvalue weighted by Crippen LogP contribution is -2.17. The maximum absolute atomic E-state index is 11.2. The largest absolute Gasteiger partial charge is 0.506 e. The van der Waals surface area contributed by atoms with Gasteiger partial charge in [-0.05, 0) is 92.2 Å². The highest BCUT2D eigenvalue weighted by atomic mass is 127.